The van der Waals surface area contributed by atoms with Gasteiger partial charge in [0, 0.05) is 26.6 Å². The van der Waals surface area contributed by atoms with Crippen molar-refractivity contribution < 1.29 is 32.6 Å². The number of aliphatic hydroxyl groups excluding tert-OH is 1. The van der Waals surface area contributed by atoms with Gasteiger partial charge in [-0.25, -0.2) is 8.42 Å². The lowest BCUT2D eigenvalue weighted by atomic mass is 9.99. The molecule has 0 bridgehead atoms. The van der Waals surface area contributed by atoms with Crippen molar-refractivity contribution in [1.29, 1.82) is 0 Å². The van der Waals surface area contributed by atoms with E-state index in [1.165, 1.54) is 35.3 Å². The first-order valence-corrected chi connectivity index (χ1v) is 14.9. The van der Waals surface area contributed by atoms with Crippen LogP contribution in [0, 0.1) is 12.8 Å². The number of benzene rings is 2. The minimum atomic E-state index is -3.90. The molecular formula is C29H37N5O7S. The molecule has 0 saturated heterocycles. The van der Waals surface area contributed by atoms with Gasteiger partial charge < -0.3 is 24.8 Å². The number of amides is 2. The highest BCUT2D eigenvalue weighted by atomic mass is 32.2. The van der Waals surface area contributed by atoms with Crippen molar-refractivity contribution in [2.24, 2.45) is 13.0 Å². The number of nitrogens with one attached hydrogen (secondary N) is 1. The summed E-state index contributed by atoms with van der Waals surface area (Å²) in [5.74, 6) is -0.522. The van der Waals surface area contributed by atoms with Gasteiger partial charge in [-0.3, -0.25) is 14.3 Å². The molecule has 13 heteroatoms. The zero-order chi connectivity index (χ0) is 30.8. The van der Waals surface area contributed by atoms with E-state index in [-0.39, 0.29) is 53.4 Å². The van der Waals surface area contributed by atoms with Crippen LogP contribution in [-0.2, 0) is 17.1 Å². The number of ether oxygens (including phenoxy) is 2. The second-order valence-corrected chi connectivity index (χ2v) is 12.6. The Kier molecular flexibility index (Phi) is 9.24. The first-order valence-electron chi connectivity index (χ1n) is 13.5. The highest BCUT2D eigenvalue weighted by Gasteiger charge is 2.36. The Hall–Kier alpha value is -3.94. The molecule has 2 aromatic carbocycles. The number of hydrogen-bond donors (Lipinski definition) is 2. The summed E-state index contributed by atoms with van der Waals surface area (Å²) in [6.45, 7) is 5.27. The van der Waals surface area contributed by atoms with Crippen LogP contribution in [0.4, 0.5) is 5.69 Å². The molecular weight excluding hydrogens is 562 g/mol. The van der Waals surface area contributed by atoms with Crippen molar-refractivity contribution in [2.45, 2.75) is 37.8 Å². The Bertz CT molecular complexity index is 1550. The summed E-state index contributed by atoms with van der Waals surface area (Å²) in [5.41, 5.74) is 1.42. The lowest BCUT2D eigenvalue weighted by Crippen LogP contribution is -2.50. The number of carbonyl (C=O) groups excluding carboxylic acids is 2. The molecule has 3 atom stereocenters. The van der Waals surface area contributed by atoms with Gasteiger partial charge in [0.05, 0.1) is 48.1 Å². The number of methoxy groups -OCH3 is 1. The molecule has 0 radical (unpaired) electrons. The van der Waals surface area contributed by atoms with Crippen LogP contribution in [0.3, 0.4) is 0 Å². The second-order valence-electron chi connectivity index (χ2n) is 10.5. The predicted octanol–water partition coefficient (Wildman–Crippen LogP) is 2.53. The van der Waals surface area contributed by atoms with Crippen molar-refractivity contribution in [3.63, 3.8) is 0 Å². The fraction of sp³-hybridized carbons (Fsp3) is 0.414. The summed E-state index contributed by atoms with van der Waals surface area (Å²) in [7, 11) is 0.721. The lowest BCUT2D eigenvalue weighted by molar-refractivity contribution is 0.0388. The Morgan fingerprint density at radius 2 is 1.95 bits per heavy atom. The third-order valence-electron chi connectivity index (χ3n) is 7.38. The lowest BCUT2D eigenvalue weighted by Gasteiger charge is -2.38. The van der Waals surface area contributed by atoms with E-state index in [2.05, 4.69) is 10.4 Å². The van der Waals surface area contributed by atoms with E-state index in [1.54, 1.807) is 62.2 Å². The number of likely N-dealkylation sites (N-methyl/N-ethyl adjacent to an activating group) is 1. The Balaban J connectivity index is 1.72. The van der Waals surface area contributed by atoms with Crippen LogP contribution in [0.2, 0.25) is 0 Å². The predicted molar refractivity (Wildman–Crippen MR) is 156 cm³/mol. The summed E-state index contributed by atoms with van der Waals surface area (Å²) in [5, 5.41) is 17.0. The SMILES string of the molecule is COc1ccc(S(=O)(=O)N(C)C[C@@H]2Oc3c(NC(=O)c4cc(C)nn4C)cccc3C(=O)N([C@@H](C)CO)C[C@H]2C)cc1. The fourth-order valence-electron chi connectivity index (χ4n) is 4.85. The molecule has 0 saturated carbocycles. The molecule has 0 unspecified atom stereocenters. The number of rotatable bonds is 9. The maximum Gasteiger partial charge on any atom is 0.274 e. The third-order valence-corrected chi connectivity index (χ3v) is 9.22. The van der Waals surface area contributed by atoms with Crippen molar-refractivity contribution in [1.82, 2.24) is 19.0 Å². The number of sulfonamides is 1. The van der Waals surface area contributed by atoms with Gasteiger partial charge in [-0.1, -0.05) is 13.0 Å². The van der Waals surface area contributed by atoms with Crippen LogP contribution >= 0.6 is 0 Å². The Labute approximate surface area is 245 Å². The molecule has 1 aromatic heterocycles. The van der Waals surface area contributed by atoms with E-state index in [1.807, 2.05) is 6.92 Å². The zero-order valence-corrected chi connectivity index (χ0v) is 25.4. The van der Waals surface area contributed by atoms with E-state index in [0.29, 0.717) is 17.1 Å². The number of nitrogens with zero attached hydrogens (tertiary/aromatic N) is 4. The molecule has 2 heterocycles. The minimum absolute atomic E-state index is 0.0479. The fourth-order valence-corrected chi connectivity index (χ4v) is 6.03. The number of para-hydroxylation sites is 1. The number of aryl methyl sites for hydroxylation is 2. The van der Waals surface area contributed by atoms with Gasteiger partial charge >= 0.3 is 0 Å². The molecule has 12 nitrogen and oxygen atoms in total. The smallest absolute Gasteiger partial charge is 0.274 e. The van der Waals surface area contributed by atoms with Gasteiger partial charge in [0.2, 0.25) is 10.0 Å². The number of aliphatic hydroxyl groups is 1. The number of hydrogen-bond acceptors (Lipinski definition) is 8. The van der Waals surface area contributed by atoms with E-state index >= 15 is 0 Å². The summed E-state index contributed by atoms with van der Waals surface area (Å²) >= 11 is 0. The normalized spacial score (nSPS) is 18.1. The van der Waals surface area contributed by atoms with E-state index in [9.17, 15) is 23.1 Å². The minimum Gasteiger partial charge on any atom is -0.497 e. The van der Waals surface area contributed by atoms with E-state index in [4.69, 9.17) is 9.47 Å². The Morgan fingerprint density at radius 3 is 2.55 bits per heavy atom. The van der Waals surface area contributed by atoms with Gasteiger partial charge in [-0.2, -0.15) is 9.40 Å². The standard InChI is InChI=1S/C29H37N5O7S/c1-18-15-34(20(3)17-35)29(37)23-8-7-9-24(30-28(36)25-14-19(2)31-33(25)5)27(23)41-26(18)16-32(4)42(38,39)22-12-10-21(40-6)11-13-22/h7-14,18,20,26,35H,15-17H2,1-6H3,(H,30,36)/t18-,20+,26+/m1/s1. The van der Waals surface area contributed by atoms with Gasteiger partial charge in [0.1, 0.15) is 17.5 Å². The van der Waals surface area contributed by atoms with E-state index < -0.39 is 28.1 Å². The van der Waals surface area contributed by atoms with Gasteiger partial charge in [0.15, 0.2) is 5.75 Å². The van der Waals surface area contributed by atoms with Gasteiger partial charge in [0.25, 0.3) is 11.8 Å². The first kappa shape index (κ1) is 31.0. The van der Waals surface area contributed by atoms with Crippen LogP contribution in [0.5, 0.6) is 11.5 Å². The number of fused-ring (bicyclic) bond motifs is 1. The number of aromatic nitrogens is 2. The zero-order valence-electron chi connectivity index (χ0n) is 24.6. The van der Waals surface area contributed by atoms with E-state index in [0.717, 1.165) is 0 Å². The Morgan fingerprint density at radius 1 is 1.26 bits per heavy atom. The number of anilines is 1. The van der Waals surface area contributed by atoms with Gasteiger partial charge in [-0.15, -0.1) is 0 Å². The molecule has 0 fully saturated rings. The monoisotopic (exact) mass is 599 g/mol. The summed E-state index contributed by atoms with van der Waals surface area (Å²) in [6.07, 6.45) is -0.722. The molecule has 1 aliphatic rings. The summed E-state index contributed by atoms with van der Waals surface area (Å²) in [4.78, 5) is 28.6. The summed E-state index contributed by atoms with van der Waals surface area (Å²) in [6, 6.07) is 12.1. The molecule has 226 valence electrons. The quantitative estimate of drug-likeness (QED) is 0.382. The van der Waals surface area contributed by atoms with Crippen molar-refractivity contribution in [3.05, 3.63) is 65.5 Å². The maximum absolute atomic E-state index is 13.7. The average Bonchev–Trinajstić information content (AvgIpc) is 3.32. The largest absolute Gasteiger partial charge is 0.497 e. The van der Waals surface area contributed by atoms with Crippen molar-refractivity contribution in [2.75, 3.05) is 39.2 Å². The molecule has 2 N–H and O–H groups in total. The molecule has 0 spiro atoms. The van der Waals surface area contributed by atoms with Crippen LogP contribution < -0.4 is 14.8 Å². The molecule has 4 rings (SSSR count). The number of carbonyl (C=O) groups is 2. The highest BCUT2D eigenvalue weighted by Crippen LogP contribution is 2.35. The summed E-state index contributed by atoms with van der Waals surface area (Å²) < 4.78 is 41.2. The molecule has 42 heavy (non-hydrogen) atoms. The highest BCUT2D eigenvalue weighted by molar-refractivity contribution is 7.89. The molecule has 3 aromatic rings. The first-order chi connectivity index (χ1) is 19.9. The third kappa shape index (κ3) is 6.27. The van der Waals surface area contributed by atoms with Crippen LogP contribution in [0.15, 0.2) is 53.4 Å². The molecule has 0 aliphatic carbocycles. The van der Waals surface area contributed by atoms with Gasteiger partial charge in [-0.05, 0) is 56.3 Å². The maximum atomic E-state index is 13.7. The van der Waals surface area contributed by atoms with Crippen molar-refractivity contribution >= 4 is 27.5 Å². The van der Waals surface area contributed by atoms with Crippen LogP contribution in [0.25, 0.3) is 0 Å². The van der Waals surface area contributed by atoms with Crippen LogP contribution in [0.1, 0.15) is 40.4 Å². The average molecular weight is 600 g/mol. The topological polar surface area (TPSA) is 143 Å². The second kappa shape index (κ2) is 12.5. The molecule has 1 aliphatic heterocycles. The van der Waals surface area contributed by atoms with Crippen LogP contribution in [-0.4, -0.2) is 90.3 Å². The molecule has 2 amide bonds. The van der Waals surface area contributed by atoms with Crippen molar-refractivity contribution in [3.8, 4) is 11.5 Å².